The molecule has 0 aliphatic carbocycles. The maximum atomic E-state index is 12.6. The van der Waals surface area contributed by atoms with E-state index in [1.165, 1.54) is 18.4 Å². The summed E-state index contributed by atoms with van der Waals surface area (Å²) in [6.45, 7) is 11.3. The first kappa shape index (κ1) is 16.0. The lowest BCUT2D eigenvalue weighted by Gasteiger charge is -2.25. The van der Waals surface area contributed by atoms with Crippen LogP contribution >= 0.6 is 0 Å². The minimum Gasteiger partial charge on any atom is -0.337 e. The van der Waals surface area contributed by atoms with Gasteiger partial charge in [-0.3, -0.25) is 4.79 Å². The second-order valence-electron chi connectivity index (χ2n) is 6.96. The molecule has 1 heterocycles. The van der Waals surface area contributed by atoms with Gasteiger partial charge in [0.1, 0.15) is 0 Å². The fourth-order valence-electron chi connectivity index (χ4n) is 2.83. The van der Waals surface area contributed by atoms with E-state index in [2.05, 4.69) is 45.1 Å². The molecule has 1 saturated heterocycles. The number of hydrogen-bond acceptors (Lipinski definition) is 2. The van der Waals surface area contributed by atoms with Gasteiger partial charge in [0.25, 0.3) is 5.91 Å². The molecule has 0 aromatic heterocycles. The second kappa shape index (κ2) is 6.61. The third-order valence-corrected chi connectivity index (χ3v) is 4.27. The highest BCUT2D eigenvalue weighted by Gasteiger charge is 2.22. The van der Waals surface area contributed by atoms with Gasteiger partial charge in [0.2, 0.25) is 0 Å². The normalized spacial score (nSPS) is 18.8. The summed E-state index contributed by atoms with van der Waals surface area (Å²) in [6.07, 6.45) is 2.39. The Hall–Kier alpha value is -1.35. The van der Waals surface area contributed by atoms with Crippen molar-refractivity contribution in [2.75, 3.05) is 19.6 Å². The van der Waals surface area contributed by atoms with Crippen LogP contribution in [0, 0.1) is 0 Å². The van der Waals surface area contributed by atoms with Crippen LogP contribution in [0.15, 0.2) is 24.3 Å². The second-order valence-corrected chi connectivity index (χ2v) is 6.96. The van der Waals surface area contributed by atoms with E-state index in [0.717, 1.165) is 25.2 Å². The zero-order valence-corrected chi connectivity index (χ0v) is 13.8. The third-order valence-electron chi connectivity index (χ3n) is 4.27. The molecular weight excluding hydrogens is 260 g/mol. The largest absolute Gasteiger partial charge is 0.337 e. The van der Waals surface area contributed by atoms with Crippen molar-refractivity contribution in [1.29, 1.82) is 0 Å². The average molecular weight is 288 g/mol. The van der Waals surface area contributed by atoms with Crippen molar-refractivity contribution in [1.82, 2.24) is 10.2 Å². The standard InChI is InChI=1S/C18H28N2O/c1-5-20(13-16-7-6-12-19-16)17(21)14-8-10-15(11-9-14)18(2,3)4/h8-11,16,19H,5-7,12-13H2,1-4H3. The van der Waals surface area contributed by atoms with Gasteiger partial charge < -0.3 is 10.2 Å². The predicted octanol–water partition coefficient (Wildman–Crippen LogP) is 3.20. The number of hydrogen-bond donors (Lipinski definition) is 1. The molecule has 2 rings (SSSR count). The van der Waals surface area contributed by atoms with Crippen LogP contribution in [0.5, 0.6) is 0 Å². The van der Waals surface area contributed by atoms with Crippen LogP contribution in [0.4, 0.5) is 0 Å². The molecule has 0 radical (unpaired) electrons. The molecule has 1 fully saturated rings. The Balaban J connectivity index is 2.06. The number of rotatable bonds is 4. The summed E-state index contributed by atoms with van der Waals surface area (Å²) in [6, 6.07) is 8.55. The monoisotopic (exact) mass is 288 g/mol. The molecule has 0 spiro atoms. The van der Waals surface area contributed by atoms with Crippen LogP contribution in [-0.4, -0.2) is 36.5 Å². The number of nitrogens with zero attached hydrogens (tertiary/aromatic N) is 1. The molecule has 1 aromatic rings. The number of amides is 1. The maximum absolute atomic E-state index is 12.6. The lowest BCUT2D eigenvalue weighted by molar-refractivity contribution is 0.0751. The number of carbonyl (C=O) groups excluding carboxylic acids is 1. The molecule has 1 N–H and O–H groups in total. The van der Waals surface area contributed by atoms with Crippen molar-refractivity contribution < 1.29 is 4.79 Å². The summed E-state index contributed by atoms with van der Waals surface area (Å²) in [5.74, 6) is 0.145. The minimum atomic E-state index is 0.125. The lowest BCUT2D eigenvalue weighted by atomic mass is 9.86. The van der Waals surface area contributed by atoms with Gasteiger partial charge in [-0.2, -0.15) is 0 Å². The Morgan fingerprint density at radius 2 is 1.95 bits per heavy atom. The number of benzene rings is 1. The highest BCUT2D eigenvalue weighted by molar-refractivity contribution is 5.94. The smallest absolute Gasteiger partial charge is 0.253 e. The first-order chi connectivity index (χ1) is 9.91. The molecule has 0 saturated carbocycles. The SMILES string of the molecule is CCN(CC1CCCN1)C(=O)c1ccc(C(C)(C)C)cc1. The number of likely N-dealkylation sites (N-methyl/N-ethyl adjacent to an activating group) is 1. The van der Waals surface area contributed by atoms with E-state index in [4.69, 9.17) is 0 Å². The van der Waals surface area contributed by atoms with Crippen molar-refractivity contribution in [2.24, 2.45) is 0 Å². The summed E-state index contributed by atoms with van der Waals surface area (Å²) in [5, 5.41) is 3.46. The van der Waals surface area contributed by atoms with Gasteiger partial charge in [0.15, 0.2) is 0 Å². The van der Waals surface area contributed by atoms with Gasteiger partial charge in [-0.25, -0.2) is 0 Å². The van der Waals surface area contributed by atoms with Crippen LogP contribution in [0.25, 0.3) is 0 Å². The minimum absolute atomic E-state index is 0.125. The maximum Gasteiger partial charge on any atom is 0.253 e. The highest BCUT2D eigenvalue weighted by Crippen LogP contribution is 2.22. The van der Waals surface area contributed by atoms with Gasteiger partial charge in [-0.15, -0.1) is 0 Å². The van der Waals surface area contributed by atoms with E-state index in [-0.39, 0.29) is 11.3 Å². The van der Waals surface area contributed by atoms with Crippen LogP contribution in [0.2, 0.25) is 0 Å². The molecule has 3 nitrogen and oxygen atoms in total. The number of nitrogens with one attached hydrogen (secondary N) is 1. The van der Waals surface area contributed by atoms with Crippen LogP contribution in [0.3, 0.4) is 0 Å². The van der Waals surface area contributed by atoms with Crippen molar-refractivity contribution >= 4 is 5.91 Å². The van der Waals surface area contributed by atoms with E-state index in [9.17, 15) is 4.79 Å². The summed E-state index contributed by atoms with van der Waals surface area (Å²) in [5.41, 5.74) is 2.18. The van der Waals surface area contributed by atoms with Gasteiger partial charge in [0.05, 0.1) is 0 Å². The van der Waals surface area contributed by atoms with Gasteiger partial charge in [-0.05, 0) is 49.4 Å². The molecular formula is C18H28N2O. The Bertz CT molecular complexity index is 467. The van der Waals surface area contributed by atoms with Crippen molar-refractivity contribution in [3.05, 3.63) is 35.4 Å². The molecule has 21 heavy (non-hydrogen) atoms. The Kier molecular flexibility index (Phi) is 5.04. The fourth-order valence-corrected chi connectivity index (χ4v) is 2.83. The quantitative estimate of drug-likeness (QED) is 0.923. The Morgan fingerprint density at radius 3 is 2.43 bits per heavy atom. The average Bonchev–Trinajstić information content (AvgIpc) is 2.96. The number of carbonyl (C=O) groups is 1. The molecule has 1 aliphatic rings. The topological polar surface area (TPSA) is 32.3 Å². The van der Waals surface area contributed by atoms with Gasteiger partial charge >= 0.3 is 0 Å². The Morgan fingerprint density at radius 1 is 1.29 bits per heavy atom. The summed E-state index contributed by atoms with van der Waals surface area (Å²) < 4.78 is 0. The molecule has 1 unspecified atom stereocenters. The zero-order valence-electron chi connectivity index (χ0n) is 13.8. The first-order valence-electron chi connectivity index (χ1n) is 8.05. The molecule has 3 heteroatoms. The molecule has 0 bridgehead atoms. The zero-order chi connectivity index (χ0) is 15.5. The fraction of sp³-hybridized carbons (Fsp3) is 0.611. The van der Waals surface area contributed by atoms with Crippen LogP contribution in [-0.2, 0) is 5.41 Å². The summed E-state index contributed by atoms with van der Waals surface area (Å²) in [7, 11) is 0. The van der Waals surface area contributed by atoms with Crippen molar-refractivity contribution in [2.45, 2.75) is 52.0 Å². The van der Waals surface area contributed by atoms with Crippen LogP contribution < -0.4 is 5.32 Å². The van der Waals surface area contributed by atoms with Gasteiger partial charge in [0, 0.05) is 24.7 Å². The summed E-state index contributed by atoms with van der Waals surface area (Å²) >= 11 is 0. The van der Waals surface area contributed by atoms with E-state index < -0.39 is 0 Å². The molecule has 1 aliphatic heterocycles. The predicted molar refractivity (Wildman–Crippen MR) is 87.7 cm³/mol. The first-order valence-corrected chi connectivity index (χ1v) is 8.05. The third kappa shape index (κ3) is 4.07. The van der Waals surface area contributed by atoms with Gasteiger partial charge in [-0.1, -0.05) is 32.9 Å². The molecule has 1 atom stereocenters. The molecule has 1 amide bonds. The molecule has 116 valence electrons. The van der Waals surface area contributed by atoms with Crippen molar-refractivity contribution in [3.63, 3.8) is 0 Å². The van der Waals surface area contributed by atoms with E-state index >= 15 is 0 Å². The summed E-state index contributed by atoms with van der Waals surface area (Å²) in [4.78, 5) is 14.6. The molecule has 1 aromatic carbocycles. The van der Waals surface area contributed by atoms with E-state index in [1.54, 1.807) is 0 Å². The Labute approximate surface area is 128 Å². The lowest BCUT2D eigenvalue weighted by Crippen LogP contribution is -2.41. The van der Waals surface area contributed by atoms with Crippen molar-refractivity contribution in [3.8, 4) is 0 Å². The van der Waals surface area contributed by atoms with E-state index in [1.807, 2.05) is 17.0 Å². The highest BCUT2D eigenvalue weighted by atomic mass is 16.2. The van der Waals surface area contributed by atoms with E-state index in [0.29, 0.717) is 6.04 Å². The van der Waals surface area contributed by atoms with Crippen LogP contribution in [0.1, 0.15) is 56.5 Å².